The maximum Gasteiger partial charge on any atom is 0.343 e. The standard InChI is InChI=1S/C13H15N5O2S/c1-3-20-12(19)8-7-15-13(21-2)18-11(8)17-10-6-4-5-9(14)16-10/h4-7H,3H2,1-2H3,(H3,14,15,16,17,18). The van der Waals surface area contributed by atoms with Crippen LogP contribution in [0.5, 0.6) is 0 Å². The molecule has 2 aromatic rings. The van der Waals surface area contributed by atoms with Gasteiger partial charge in [0.1, 0.15) is 17.2 Å². The maximum absolute atomic E-state index is 11.9. The molecule has 0 aliphatic carbocycles. The lowest BCUT2D eigenvalue weighted by Crippen LogP contribution is -2.11. The summed E-state index contributed by atoms with van der Waals surface area (Å²) < 4.78 is 4.99. The molecule has 0 unspecified atom stereocenters. The first-order chi connectivity index (χ1) is 10.1. The average molecular weight is 305 g/mol. The second-order valence-electron chi connectivity index (χ2n) is 3.91. The van der Waals surface area contributed by atoms with Crippen LogP contribution in [-0.4, -0.2) is 33.8 Å². The predicted molar refractivity (Wildman–Crippen MR) is 81.7 cm³/mol. The van der Waals surface area contributed by atoms with Crippen molar-refractivity contribution in [1.29, 1.82) is 0 Å². The van der Waals surface area contributed by atoms with Gasteiger partial charge in [-0.15, -0.1) is 0 Å². The molecule has 0 amide bonds. The minimum Gasteiger partial charge on any atom is -0.462 e. The summed E-state index contributed by atoms with van der Waals surface area (Å²) in [4.78, 5) is 24.4. The van der Waals surface area contributed by atoms with Gasteiger partial charge in [-0.1, -0.05) is 17.8 Å². The van der Waals surface area contributed by atoms with E-state index in [1.54, 1.807) is 25.1 Å². The van der Waals surface area contributed by atoms with Gasteiger partial charge in [-0.25, -0.2) is 19.7 Å². The third-order valence-corrected chi connectivity index (χ3v) is 3.02. The molecule has 0 atom stereocenters. The Morgan fingerprint density at radius 1 is 1.43 bits per heavy atom. The fourth-order valence-corrected chi connectivity index (χ4v) is 1.90. The van der Waals surface area contributed by atoms with Crippen molar-refractivity contribution < 1.29 is 9.53 Å². The molecule has 0 saturated carbocycles. The molecule has 0 bridgehead atoms. The van der Waals surface area contributed by atoms with Gasteiger partial charge in [-0.05, 0) is 25.3 Å². The summed E-state index contributed by atoms with van der Waals surface area (Å²) in [6.45, 7) is 2.01. The van der Waals surface area contributed by atoms with E-state index in [-0.39, 0.29) is 12.2 Å². The highest BCUT2D eigenvalue weighted by Gasteiger charge is 2.16. The zero-order valence-corrected chi connectivity index (χ0v) is 12.5. The van der Waals surface area contributed by atoms with E-state index >= 15 is 0 Å². The molecule has 0 saturated heterocycles. The molecule has 2 aromatic heterocycles. The summed E-state index contributed by atoms with van der Waals surface area (Å²) in [6, 6.07) is 5.16. The van der Waals surface area contributed by atoms with E-state index in [1.165, 1.54) is 18.0 Å². The molecule has 7 nitrogen and oxygen atoms in total. The Bertz CT molecular complexity index is 650. The first-order valence-electron chi connectivity index (χ1n) is 6.21. The number of nitrogens with zero attached hydrogens (tertiary/aromatic N) is 3. The molecule has 0 aromatic carbocycles. The van der Waals surface area contributed by atoms with Gasteiger partial charge in [0.05, 0.1) is 6.61 Å². The van der Waals surface area contributed by atoms with E-state index in [0.717, 1.165) is 0 Å². The minimum absolute atomic E-state index is 0.249. The van der Waals surface area contributed by atoms with Crippen LogP contribution < -0.4 is 11.1 Å². The first-order valence-corrected chi connectivity index (χ1v) is 7.44. The maximum atomic E-state index is 11.9. The SMILES string of the molecule is CCOC(=O)c1cnc(SC)nc1Nc1cccc(N)n1. The Hall–Kier alpha value is -2.35. The minimum atomic E-state index is -0.489. The van der Waals surface area contributed by atoms with Crippen molar-refractivity contribution in [2.24, 2.45) is 0 Å². The largest absolute Gasteiger partial charge is 0.462 e. The van der Waals surface area contributed by atoms with Gasteiger partial charge in [0.2, 0.25) is 0 Å². The summed E-state index contributed by atoms with van der Waals surface area (Å²) in [7, 11) is 0. The molecule has 0 fully saturated rings. The number of carbonyl (C=O) groups excluding carboxylic acids is 1. The smallest absolute Gasteiger partial charge is 0.343 e. The third kappa shape index (κ3) is 3.82. The molecule has 0 spiro atoms. The summed E-state index contributed by atoms with van der Waals surface area (Å²) in [5, 5.41) is 3.51. The van der Waals surface area contributed by atoms with E-state index in [2.05, 4.69) is 20.3 Å². The number of hydrogen-bond acceptors (Lipinski definition) is 8. The Labute approximate surface area is 126 Å². The highest BCUT2D eigenvalue weighted by Crippen LogP contribution is 2.21. The highest BCUT2D eigenvalue weighted by atomic mass is 32.2. The molecule has 8 heteroatoms. The number of carbonyl (C=O) groups is 1. The lowest BCUT2D eigenvalue weighted by atomic mass is 10.3. The van der Waals surface area contributed by atoms with Crippen LogP contribution >= 0.6 is 11.8 Å². The van der Waals surface area contributed by atoms with Crippen molar-refractivity contribution in [3.63, 3.8) is 0 Å². The van der Waals surface area contributed by atoms with Gasteiger partial charge >= 0.3 is 5.97 Å². The summed E-state index contributed by atoms with van der Waals surface area (Å²) >= 11 is 1.37. The van der Waals surface area contributed by atoms with E-state index in [1.807, 2.05) is 6.26 Å². The lowest BCUT2D eigenvalue weighted by Gasteiger charge is -2.10. The van der Waals surface area contributed by atoms with Crippen LogP contribution in [0.1, 0.15) is 17.3 Å². The van der Waals surface area contributed by atoms with Gasteiger partial charge < -0.3 is 15.8 Å². The summed E-state index contributed by atoms with van der Waals surface area (Å²) in [5.74, 6) is 0.714. The van der Waals surface area contributed by atoms with Crippen molar-refractivity contribution in [2.75, 3.05) is 23.9 Å². The number of rotatable bonds is 5. The quantitative estimate of drug-likeness (QED) is 0.492. The van der Waals surface area contributed by atoms with Gasteiger partial charge in [0.15, 0.2) is 11.0 Å². The van der Waals surface area contributed by atoms with Crippen molar-refractivity contribution in [1.82, 2.24) is 15.0 Å². The Balaban J connectivity index is 2.37. The van der Waals surface area contributed by atoms with Crippen LogP contribution in [0.2, 0.25) is 0 Å². The van der Waals surface area contributed by atoms with Crippen LogP contribution in [0.4, 0.5) is 17.5 Å². The topological polar surface area (TPSA) is 103 Å². The number of nitrogens with two attached hydrogens (primary N) is 1. The molecule has 21 heavy (non-hydrogen) atoms. The van der Waals surface area contributed by atoms with Crippen LogP contribution in [-0.2, 0) is 4.74 Å². The molecule has 3 N–H and O–H groups in total. The zero-order valence-electron chi connectivity index (χ0n) is 11.7. The predicted octanol–water partition coefficient (Wildman–Crippen LogP) is 2.10. The van der Waals surface area contributed by atoms with Gasteiger partial charge in [-0.2, -0.15) is 0 Å². The number of ether oxygens (including phenoxy) is 1. The second-order valence-corrected chi connectivity index (χ2v) is 4.69. The number of pyridine rings is 1. The number of anilines is 3. The van der Waals surface area contributed by atoms with E-state index < -0.39 is 5.97 Å². The van der Waals surface area contributed by atoms with Crippen molar-refractivity contribution >= 4 is 35.2 Å². The fraction of sp³-hybridized carbons (Fsp3) is 0.231. The van der Waals surface area contributed by atoms with Crippen LogP contribution in [0.25, 0.3) is 0 Å². The third-order valence-electron chi connectivity index (χ3n) is 2.46. The van der Waals surface area contributed by atoms with Crippen LogP contribution in [0, 0.1) is 0 Å². The summed E-state index contributed by atoms with van der Waals surface area (Å²) in [6.07, 6.45) is 3.29. The molecule has 0 aliphatic heterocycles. The van der Waals surface area contributed by atoms with Gasteiger partial charge in [0, 0.05) is 6.20 Å². The summed E-state index contributed by atoms with van der Waals surface area (Å²) in [5.41, 5.74) is 5.88. The first kappa shape index (κ1) is 15.0. The zero-order chi connectivity index (χ0) is 15.2. The van der Waals surface area contributed by atoms with E-state index in [9.17, 15) is 4.79 Å². The van der Waals surface area contributed by atoms with Crippen molar-refractivity contribution in [2.45, 2.75) is 12.1 Å². The number of hydrogen-bond donors (Lipinski definition) is 2. The Morgan fingerprint density at radius 2 is 2.24 bits per heavy atom. The number of aromatic nitrogens is 3. The molecule has 2 heterocycles. The van der Waals surface area contributed by atoms with Crippen molar-refractivity contribution in [3.8, 4) is 0 Å². The number of thioether (sulfide) groups is 1. The molecule has 0 aliphatic rings. The normalized spacial score (nSPS) is 10.2. The molecule has 110 valence electrons. The van der Waals surface area contributed by atoms with Gasteiger partial charge in [-0.3, -0.25) is 0 Å². The van der Waals surface area contributed by atoms with Crippen LogP contribution in [0.3, 0.4) is 0 Å². The number of nitrogens with one attached hydrogen (secondary N) is 1. The fourth-order valence-electron chi connectivity index (χ4n) is 1.56. The van der Waals surface area contributed by atoms with E-state index in [0.29, 0.717) is 22.6 Å². The van der Waals surface area contributed by atoms with Crippen molar-refractivity contribution in [3.05, 3.63) is 30.0 Å². The monoisotopic (exact) mass is 305 g/mol. The number of nitrogen functional groups attached to an aromatic ring is 1. The van der Waals surface area contributed by atoms with Crippen LogP contribution in [0.15, 0.2) is 29.6 Å². The molecule has 0 radical (unpaired) electrons. The molecular weight excluding hydrogens is 290 g/mol. The highest BCUT2D eigenvalue weighted by molar-refractivity contribution is 7.98. The second kappa shape index (κ2) is 6.89. The number of esters is 1. The average Bonchev–Trinajstić information content (AvgIpc) is 2.47. The van der Waals surface area contributed by atoms with E-state index in [4.69, 9.17) is 10.5 Å². The lowest BCUT2D eigenvalue weighted by molar-refractivity contribution is 0.0526. The molecule has 2 rings (SSSR count). The Kier molecular flexibility index (Phi) is 4.94. The Morgan fingerprint density at radius 3 is 2.90 bits per heavy atom. The van der Waals surface area contributed by atoms with Gasteiger partial charge in [0.25, 0.3) is 0 Å². The molecular formula is C13H15N5O2S.